The minimum absolute atomic E-state index is 0.202. The van der Waals surface area contributed by atoms with Crippen molar-refractivity contribution < 1.29 is 8.42 Å². The van der Waals surface area contributed by atoms with Crippen LogP contribution in [-0.4, -0.2) is 14.3 Å². The zero-order chi connectivity index (χ0) is 12.8. The van der Waals surface area contributed by atoms with Gasteiger partial charge in [0.1, 0.15) is 10.7 Å². The first-order valence-corrected chi connectivity index (χ1v) is 7.83. The van der Waals surface area contributed by atoms with Gasteiger partial charge >= 0.3 is 0 Å². The molecule has 2 aliphatic rings. The number of hydrogen-bond donors (Lipinski definition) is 1. The molecule has 0 aromatic heterocycles. The Hall–Kier alpha value is -1.07. The number of aliphatic imine (C=N–C) groups is 1. The fourth-order valence-corrected chi connectivity index (χ4v) is 3.92. The first-order valence-electron chi connectivity index (χ1n) is 5.97. The number of benzene rings is 1. The predicted molar refractivity (Wildman–Crippen MR) is 70.8 cm³/mol. The molecule has 0 atom stereocenters. The van der Waals surface area contributed by atoms with Crippen molar-refractivity contribution in [1.82, 2.24) is 4.72 Å². The molecule has 0 spiro atoms. The molecule has 1 heterocycles. The maximum atomic E-state index is 12.1. The number of rotatable bonds is 1. The monoisotopic (exact) mass is 284 g/mol. The number of hydrogen-bond acceptors (Lipinski definition) is 3. The molecule has 6 heteroatoms. The quantitative estimate of drug-likeness (QED) is 0.862. The van der Waals surface area contributed by atoms with Crippen molar-refractivity contribution in [2.45, 2.75) is 30.6 Å². The lowest BCUT2D eigenvalue weighted by atomic mass is 10.1. The van der Waals surface area contributed by atoms with E-state index < -0.39 is 10.0 Å². The van der Waals surface area contributed by atoms with Gasteiger partial charge < -0.3 is 0 Å². The average Bonchev–Trinajstić information content (AvgIpc) is 2.80. The van der Waals surface area contributed by atoms with Gasteiger partial charge in [0.05, 0.1) is 5.69 Å². The molecule has 3 rings (SSSR count). The van der Waals surface area contributed by atoms with Crippen molar-refractivity contribution >= 4 is 33.1 Å². The molecule has 1 saturated carbocycles. The van der Waals surface area contributed by atoms with Gasteiger partial charge in [0.2, 0.25) is 0 Å². The van der Waals surface area contributed by atoms with Crippen LogP contribution in [-0.2, 0) is 10.0 Å². The highest BCUT2D eigenvalue weighted by molar-refractivity contribution is 7.90. The van der Waals surface area contributed by atoms with Crippen LogP contribution in [0.5, 0.6) is 0 Å². The summed E-state index contributed by atoms with van der Waals surface area (Å²) in [5.74, 6) is 0.800. The van der Waals surface area contributed by atoms with Crippen LogP contribution in [0.3, 0.4) is 0 Å². The fraction of sp³-hybridized carbons (Fsp3) is 0.417. The Morgan fingerprint density at radius 1 is 1.28 bits per heavy atom. The minimum atomic E-state index is -3.48. The summed E-state index contributed by atoms with van der Waals surface area (Å²) in [7, 11) is -3.48. The molecule has 0 saturated heterocycles. The standard InChI is InChI=1S/C12H13ClN2O2S/c13-9-5-6-11-10(7-9)14-12(15-18(11,16)17)8-3-1-2-4-8/h5-8H,1-4H2,(H,14,15). The van der Waals surface area contributed by atoms with E-state index in [0.717, 1.165) is 25.7 Å². The summed E-state index contributed by atoms with van der Waals surface area (Å²) in [5.41, 5.74) is 0.447. The van der Waals surface area contributed by atoms with Gasteiger partial charge in [-0.15, -0.1) is 0 Å². The molecular weight excluding hydrogens is 272 g/mol. The molecule has 1 fully saturated rings. The zero-order valence-corrected chi connectivity index (χ0v) is 11.3. The number of fused-ring (bicyclic) bond motifs is 1. The van der Waals surface area contributed by atoms with Crippen LogP contribution in [0.1, 0.15) is 25.7 Å². The second kappa shape index (κ2) is 4.24. The SMILES string of the molecule is O=S1(=O)NC(C2CCCC2)=Nc2cc(Cl)ccc21. The van der Waals surface area contributed by atoms with Crippen LogP contribution in [0.4, 0.5) is 5.69 Å². The van der Waals surface area contributed by atoms with Gasteiger partial charge in [0, 0.05) is 10.9 Å². The van der Waals surface area contributed by atoms with E-state index in [1.54, 1.807) is 12.1 Å². The summed E-state index contributed by atoms with van der Waals surface area (Å²) in [6, 6.07) is 4.66. The Kier molecular flexibility index (Phi) is 2.83. The smallest absolute Gasteiger partial charge is 0.264 e. The summed E-state index contributed by atoms with van der Waals surface area (Å²) in [5, 5.41) is 0.500. The molecule has 1 aromatic carbocycles. The number of amidine groups is 1. The highest BCUT2D eigenvalue weighted by atomic mass is 35.5. The van der Waals surface area contributed by atoms with Crippen molar-refractivity contribution in [3.63, 3.8) is 0 Å². The molecule has 1 N–H and O–H groups in total. The van der Waals surface area contributed by atoms with E-state index in [4.69, 9.17) is 11.6 Å². The van der Waals surface area contributed by atoms with Crippen LogP contribution in [0.2, 0.25) is 5.02 Å². The number of halogens is 1. The third-order valence-corrected chi connectivity index (χ3v) is 5.07. The lowest BCUT2D eigenvalue weighted by Crippen LogP contribution is -2.37. The molecule has 96 valence electrons. The van der Waals surface area contributed by atoms with Crippen LogP contribution >= 0.6 is 11.6 Å². The van der Waals surface area contributed by atoms with Gasteiger partial charge in [0.25, 0.3) is 10.0 Å². The predicted octanol–water partition coefficient (Wildman–Crippen LogP) is 2.85. The van der Waals surface area contributed by atoms with Crippen molar-refractivity contribution in [2.75, 3.05) is 0 Å². The Balaban J connectivity index is 2.10. The number of nitrogens with one attached hydrogen (secondary N) is 1. The molecule has 0 bridgehead atoms. The Labute approximate surface area is 111 Å². The van der Waals surface area contributed by atoms with Crippen molar-refractivity contribution in [1.29, 1.82) is 0 Å². The Morgan fingerprint density at radius 2 is 2.00 bits per heavy atom. The van der Waals surface area contributed by atoms with E-state index in [9.17, 15) is 8.42 Å². The van der Waals surface area contributed by atoms with Gasteiger partial charge in [-0.3, -0.25) is 4.72 Å². The molecule has 1 aromatic rings. The highest BCUT2D eigenvalue weighted by Gasteiger charge is 2.30. The van der Waals surface area contributed by atoms with E-state index in [1.165, 1.54) is 6.07 Å². The van der Waals surface area contributed by atoms with Crippen molar-refractivity contribution in [2.24, 2.45) is 10.9 Å². The van der Waals surface area contributed by atoms with E-state index >= 15 is 0 Å². The van der Waals surface area contributed by atoms with E-state index in [-0.39, 0.29) is 10.8 Å². The summed E-state index contributed by atoms with van der Waals surface area (Å²) in [6.45, 7) is 0. The summed E-state index contributed by atoms with van der Waals surface area (Å²) < 4.78 is 26.8. The zero-order valence-electron chi connectivity index (χ0n) is 9.69. The highest BCUT2D eigenvalue weighted by Crippen LogP contribution is 2.34. The van der Waals surface area contributed by atoms with Crippen molar-refractivity contribution in [3.8, 4) is 0 Å². The minimum Gasteiger partial charge on any atom is -0.267 e. The lowest BCUT2D eigenvalue weighted by Gasteiger charge is -2.21. The van der Waals surface area contributed by atoms with Gasteiger partial charge in [-0.2, -0.15) is 0 Å². The first-order chi connectivity index (χ1) is 8.56. The number of nitrogens with zero attached hydrogens (tertiary/aromatic N) is 1. The van der Waals surface area contributed by atoms with Gasteiger partial charge in [-0.25, -0.2) is 13.4 Å². The van der Waals surface area contributed by atoms with Crippen LogP contribution < -0.4 is 4.72 Å². The maximum Gasteiger partial charge on any atom is 0.264 e. The molecule has 1 aliphatic heterocycles. The van der Waals surface area contributed by atoms with Crippen LogP contribution in [0.25, 0.3) is 0 Å². The second-order valence-electron chi connectivity index (χ2n) is 4.70. The van der Waals surface area contributed by atoms with Crippen LogP contribution in [0, 0.1) is 5.92 Å². The fourth-order valence-electron chi connectivity index (χ4n) is 2.52. The van der Waals surface area contributed by atoms with Gasteiger partial charge in [-0.1, -0.05) is 24.4 Å². The Morgan fingerprint density at radius 3 is 2.72 bits per heavy atom. The summed E-state index contributed by atoms with van der Waals surface area (Å²) in [4.78, 5) is 4.63. The molecular formula is C12H13ClN2O2S. The van der Waals surface area contributed by atoms with E-state index in [0.29, 0.717) is 16.5 Å². The second-order valence-corrected chi connectivity index (χ2v) is 6.78. The third kappa shape index (κ3) is 2.01. The first kappa shape index (κ1) is 12.0. The molecule has 0 unspecified atom stereocenters. The van der Waals surface area contributed by atoms with Crippen LogP contribution in [0.15, 0.2) is 28.1 Å². The van der Waals surface area contributed by atoms with Crippen molar-refractivity contribution in [3.05, 3.63) is 23.2 Å². The maximum absolute atomic E-state index is 12.1. The third-order valence-electron chi connectivity index (χ3n) is 3.43. The lowest BCUT2D eigenvalue weighted by molar-refractivity contribution is 0.587. The summed E-state index contributed by atoms with van der Waals surface area (Å²) >= 11 is 5.89. The molecule has 1 aliphatic carbocycles. The topological polar surface area (TPSA) is 58.5 Å². The van der Waals surface area contributed by atoms with E-state index in [1.807, 2.05) is 0 Å². The number of sulfonamides is 1. The normalized spacial score (nSPS) is 22.2. The van der Waals surface area contributed by atoms with Gasteiger partial charge in [-0.05, 0) is 31.0 Å². The van der Waals surface area contributed by atoms with Gasteiger partial charge in [0.15, 0.2) is 0 Å². The molecule has 0 amide bonds. The molecule has 4 nitrogen and oxygen atoms in total. The Bertz CT molecular complexity index is 619. The molecule has 18 heavy (non-hydrogen) atoms. The van der Waals surface area contributed by atoms with E-state index in [2.05, 4.69) is 9.71 Å². The summed E-state index contributed by atoms with van der Waals surface area (Å²) in [6.07, 6.45) is 4.26. The average molecular weight is 285 g/mol. The largest absolute Gasteiger partial charge is 0.267 e. The molecule has 0 radical (unpaired) electrons.